The van der Waals surface area contributed by atoms with Crippen LogP contribution in [0.4, 0.5) is 0 Å². The van der Waals surface area contributed by atoms with Gasteiger partial charge in [0, 0.05) is 49.0 Å². The first-order valence-corrected chi connectivity index (χ1v) is 21.7. The number of hydrogen-bond donors (Lipinski definition) is 0. The molecule has 0 aliphatic heterocycles. The minimum absolute atomic E-state index is 0.565. The Morgan fingerprint density at radius 2 is 0.800 bits per heavy atom. The zero-order valence-corrected chi connectivity index (χ0v) is 34.8. The Hall–Kier alpha value is -9.12. The molecule has 0 bridgehead atoms. The fourth-order valence-corrected chi connectivity index (χ4v) is 9.96. The average molecular weight is 830 g/mol. The summed E-state index contributed by atoms with van der Waals surface area (Å²) in [5, 5.41) is 17.0. The Balaban J connectivity index is 1.19. The molecular weight excluding hydrogens is 795 g/mol. The van der Waals surface area contributed by atoms with E-state index in [2.05, 4.69) is 159 Å². The number of benzene rings is 9. The summed E-state index contributed by atoms with van der Waals surface area (Å²) in [5.74, 6) is 1.76. The lowest BCUT2D eigenvalue weighted by Gasteiger charge is -2.17. The van der Waals surface area contributed by atoms with Crippen molar-refractivity contribution in [2.45, 2.75) is 0 Å². The van der Waals surface area contributed by atoms with Gasteiger partial charge >= 0.3 is 0 Å². The number of nitriles is 1. The number of nitrogens with zero attached hydrogens (tertiary/aromatic N) is 7. The van der Waals surface area contributed by atoms with Gasteiger partial charge < -0.3 is 13.7 Å². The molecule has 0 saturated carbocycles. The molecule has 0 unspecified atom stereocenters. The maximum absolute atomic E-state index is 10.2. The van der Waals surface area contributed by atoms with E-state index >= 15 is 0 Å². The fourth-order valence-electron chi connectivity index (χ4n) is 9.96. The van der Waals surface area contributed by atoms with Gasteiger partial charge in [-0.15, -0.1) is 0 Å². The average Bonchev–Trinajstić information content (AvgIpc) is 4.02. The topological polar surface area (TPSA) is 77.2 Å². The van der Waals surface area contributed by atoms with Gasteiger partial charge in [0.2, 0.25) is 0 Å². The smallest absolute Gasteiger partial charge is 0.166 e. The Labute approximate surface area is 373 Å². The van der Waals surface area contributed by atoms with Gasteiger partial charge in [-0.3, -0.25) is 0 Å². The van der Waals surface area contributed by atoms with Gasteiger partial charge in [-0.05, 0) is 60.7 Å². The highest BCUT2D eigenvalue weighted by Gasteiger charge is 2.25. The quantitative estimate of drug-likeness (QED) is 0.167. The van der Waals surface area contributed by atoms with Gasteiger partial charge in [0.05, 0.1) is 61.8 Å². The summed E-state index contributed by atoms with van der Waals surface area (Å²) in [6, 6.07) is 76.2. The molecule has 0 amide bonds. The van der Waals surface area contributed by atoms with Crippen LogP contribution in [0.2, 0.25) is 0 Å². The molecule has 0 aliphatic rings. The summed E-state index contributed by atoms with van der Waals surface area (Å²) < 4.78 is 7.14. The summed E-state index contributed by atoms with van der Waals surface area (Å²) >= 11 is 0. The van der Waals surface area contributed by atoms with Gasteiger partial charge in [-0.25, -0.2) is 15.0 Å². The van der Waals surface area contributed by atoms with Gasteiger partial charge in [0.1, 0.15) is 0 Å². The molecule has 0 fully saturated rings. The first-order chi connectivity index (χ1) is 32.2. The second kappa shape index (κ2) is 14.5. The molecule has 0 atom stereocenters. The molecule has 4 aromatic heterocycles. The van der Waals surface area contributed by atoms with E-state index in [1.165, 1.54) is 10.8 Å². The van der Waals surface area contributed by atoms with Crippen LogP contribution in [0.5, 0.6) is 0 Å². The largest absolute Gasteiger partial charge is 0.309 e. The number of para-hydroxylation sites is 5. The van der Waals surface area contributed by atoms with Crippen LogP contribution in [-0.4, -0.2) is 28.7 Å². The molecule has 0 spiro atoms. The highest BCUT2D eigenvalue weighted by atomic mass is 15.1. The van der Waals surface area contributed by atoms with E-state index in [0.717, 1.165) is 88.4 Å². The van der Waals surface area contributed by atoms with Crippen LogP contribution < -0.4 is 0 Å². The van der Waals surface area contributed by atoms with Crippen molar-refractivity contribution < 1.29 is 0 Å². The van der Waals surface area contributed by atoms with Gasteiger partial charge in [-0.1, -0.05) is 152 Å². The van der Waals surface area contributed by atoms with E-state index in [-0.39, 0.29) is 0 Å². The van der Waals surface area contributed by atoms with Crippen molar-refractivity contribution in [3.63, 3.8) is 0 Å². The summed E-state index contributed by atoms with van der Waals surface area (Å²) in [6.07, 6.45) is 0. The molecular formula is C58H35N7. The Morgan fingerprint density at radius 3 is 1.43 bits per heavy atom. The molecule has 0 radical (unpaired) electrons. The van der Waals surface area contributed by atoms with Crippen molar-refractivity contribution in [2.24, 2.45) is 0 Å². The van der Waals surface area contributed by atoms with E-state index in [1.54, 1.807) is 0 Å². The van der Waals surface area contributed by atoms with Gasteiger partial charge in [-0.2, -0.15) is 5.26 Å². The molecule has 9 aromatic carbocycles. The first-order valence-electron chi connectivity index (χ1n) is 21.7. The maximum Gasteiger partial charge on any atom is 0.166 e. The summed E-state index contributed by atoms with van der Waals surface area (Å²) in [6.45, 7) is 0. The molecule has 7 nitrogen and oxygen atoms in total. The number of aromatic nitrogens is 6. The maximum atomic E-state index is 10.2. The zero-order chi connectivity index (χ0) is 43.0. The first kappa shape index (κ1) is 36.5. The van der Waals surface area contributed by atoms with Crippen molar-refractivity contribution in [1.29, 1.82) is 5.26 Å². The number of fused-ring (bicyclic) bond motifs is 9. The number of rotatable bonds is 6. The molecule has 7 heteroatoms. The van der Waals surface area contributed by atoms with E-state index < -0.39 is 0 Å². The highest BCUT2D eigenvalue weighted by Crippen LogP contribution is 2.44. The fraction of sp³-hybridized carbons (Fsp3) is 0. The molecule has 13 rings (SSSR count). The third-order valence-electron chi connectivity index (χ3n) is 12.7. The lowest BCUT2D eigenvalue weighted by Crippen LogP contribution is -2.05. The third-order valence-corrected chi connectivity index (χ3v) is 12.7. The summed E-state index contributed by atoms with van der Waals surface area (Å²) in [4.78, 5) is 15.6. The predicted octanol–water partition coefficient (Wildman–Crippen LogP) is 14.0. The molecule has 302 valence electrons. The second-order valence-electron chi connectivity index (χ2n) is 16.3. The van der Waals surface area contributed by atoms with Crippen molar-refractivity contribution >= 4 is 65.4 Å². The van der Waals surface area contributed by atoms with Gasteiger partial charge in [0.15, 0.2) is 17.5 Å². The van der Waals surface area contributed by atoms with Crippen LogP contribution >= 0.6 is 0 Å². The summed E-state index contributed by atoms with van der Waals surface area (Å²) in [7, 11) is 0. The normalized spacial score (nSPS) is 11.7. The van der Waals surface area contributed by atoms with Crippen molar-refractivity contribution in [2.75, 3.05) is 0 Å². The lowest BCUT2D eigenvalue weighted by atomic mass is 10.1. The minimum Gasteiger partial charge on any atom is -0.309 e. The zero-order valence-electron chi connectivity index (χ0n) is 34.8. The van der Waals surface area contributed by atoms with Crippen molar-refractivity contribution in [3.05, 3.63) is 218 Å². The SMILES string of the molecule is N#Cc1ccc2c3ccccc3n(-c3cccc4c5c(-n6c7ccccc7c7ccccc76)cccc5n(-c5ccccc5-c5nc(-c6ccccc6)nc(-c6ccccc6)n5)c34)c2c1. The Morgan fingerprint density at radius 1 is 0.338 bits per heavy atom. The summed E-state index contributed by atoms with van der Waals surface area (Å²) in [5.41, 5.74) is 12.6. The van der Waals surface area contributed by atoms with E-state index in [4.69, 9.17) is 15.0 Å². The van der Waals surface area contributed by atoms with Crippen LogP contribution in [0, 0.1) is 11.3 Å². The van der Waals surface area contributed by atoms with Gasteiger partial charge in [0.25, 0.3) is 0 Å². The second-order valence-corrected chi connectivity index (χ2v) is 16.3. The minimum atomic E-state index is 0.565. The highest BCUT2D eigenvalue weighted by molar-refractivity contribution is 6.19. The Kier molecular flexibility index (Phi) is 8.14. The standard InChI is InChI=1S/C58H35N7/c59-36-37-33-34-43-42-23-9-13-28-48(42)64(53(43)35-37)52-32-15-25-45-54-50(63-46-26-11-7-21-40(46)41-22-8-12-27-47(41)63)30-16-31-51(54)65(55(45)52)49-29-14-10-24-44(49)58-61-56(38-17-3-1-4-18-38)60-57(62-58)39-19-5-2-6-20-39/h1-35H. The lowest BCUT2D eigenvalue weighted by molar-refractivity contribution is 1.06. The van der Waals surface area contributed by atoms with Crippen molar-refractivity contribution in [3.8, 4) is 57.3 Å². The van der Waals surface area contributed by atoms with Crippen LogP contribution in [0.25, 0.3) is 117 Å². The monoisotopic (exact) mass is 829 g/mol. The van der Waals surface area contributed by atoms with Crippen LogP contribution in [0.1, 0.15) is 5.56 Å². The molecule has 0 aliphatic carbocycles. The van der Waals surface area contributed by atoms with E-state index in [0.29, 0.717) is 23.0 Å². The molecule has 4 heterocycles. The molecule has 0 N–H and O–H groups in total. The van der Waals surface area contributed by atoms with Crippen LogP contribution in [0.3, 0.4) is 0 Å². The van der Waals surface area contributed by atoms with Crippen LogP contribution in [-0.2, 0) is 0 Å². The van der Waals surface area contributed by atoms with E-state index in [9.17, 15) is 5.26 Å². The molecule has 0 saturated heterocycles. The Bertz CT molecular complexity index is 3970. The van der Waals surface area contributed by atoms with Crippen molar-refractivity contribution in [1.82, 2.24) is 28.7 Å². The van der Waals surface area contributed by atoms with E-state index in [1.807, 2.05) is 72.8 Å². The number of hydrogen-bond acceptors (Lipinski definition) is 4. The predicted molar refractivity (Wildman–Crippen MR) is 264 cm³/mol. The molecule has 13 aromatic rings. The third kappa shape index (κ3) is 5.58. The molecule has 65 heavy (non-hydrogen) atoms. The van der Waals surface area contributed by atoms with Crippen LogP contribution in [0.15, 0.2) is 212 Å².